The third-order valence-corrected chi connectivity index (χ3v) is 6.05. The van der Waals surface area contributed by atoms with Crippen LogP contribution < -0.4 is 15.5 Å². The highest BCUT2D eigenvalue weighted by atomic mass is 79.9. The van der Waals surface area contributed by atoms with E-state index in [1.54, 1.807) is 17.3 Å². The maximum Gasteiger partial charge on any atom is 0.232 e. The number of fused-ring (bicyclic) bond motifs is 1. The highest BCUT2D eigenvalue weighted by molar-refractivity contribution is 9.10. The molecular weight excluding hydrogens is 410 g/mol. The number of aliphatic hydroxyl groups is 1. The number of pyridine rings is 1. The fraction of sp³-hybridized carbons (Fsp3) is 0.579. The number of carbonyl (C=O) groups excluding carboxylic acids is 1. The Kier molecular flexibility index (Phi) is 5.13. The molecule has 2 aromatic heterocycles. The average Bonchev–Trinajstić information content (AvgIpc) is 3.43. The van der Waals surface area contributed by atoms with Crippen molar-refractivity contribution < 1.29 is 9.90 Å². The maximum atomic E-state index is 13.0. The van der Waals surface area contributed by atoms with Crippen LogP contribution in [0.5, 0.6) is 0 Å². The Morgan fingerprint density at radius 2 is 2.30 bits per heavy atom. The van der Waals surface area contributed by atoms with Crippen molar-refractivity contribution in [2.45, 2.75) is 51.3 Å². The van der Waals surface area contributed by atoms with Crippen LogP contribution in [0.3, 0.4) is 0 Å². The zero-order valence-corrected chi connectivity index (χ0v) is 17.1. The molecule has 0 spiro atoms. The standard InChI is InChI=1S/C19H26BrN5O2/c1-2-15(26)25(19(27)11-5-6-11)14-9-23-18-16(14)17(13(20)8-22-18)24-7-3-4-12(21)10-24/h8-9,11-12,15,26H,2-7,10,21H2,1H3,(H,22,23)/t12?,15-/m1/s1. The number of anilines is 2. The van der Waals surface area contributed by atoms with E-state index in [-0.39, 0.29) is 17.9 Å². The van der Waals surface area contributed by atoms with Gasteiger partial charge < -0.3 is 20.7 Å². The Labute approximate surface area is 167 Å². The van der Waals surface area contributed by atoms with Crippen molar-refractivity contribution in [3.05, 3.63) is 16.9 Å². The summed E-state index contributed by atoms with van der Waals surface area (Å²) >= 11 is 3.65. The number of carbonyl (C=O) groups is 1. The lowest BCUT2D eigenvalue weighted by Gasteiger charge is -2.34. The van der Waals surface area contributed by atoms with Crippen LogP contribution in [0.15, 0.2) is 16.9 Å². The third kappa shape index (κ3) is 3.46. The minimum absolute atomic E-state index is 0.00785. The van der Waals surface area contributed by atoms with Gasteiger partial charge in [-0.25, -0.2) is 4.98 Å². The first kappa shape index (κ1) is 18.7. The van der Waals surface area contributed by atoms with E-state index in [0.717, 1.165) is 54.3 Å². The zero-order valence-electron chi connectivity index (χ0n) is 15.5. The Morgan fingerprint density at radius 3 is 2.96 bits per heavy atom. The number of aromatic nitrogens is 2. The molecule has 3 heterocycles. The number of nitrogens with two attached hydrogens (primary N) is 1. The number of rotatable bonds is 5. The van der Waals surface area contributed by atoms with Gasteiger partial charge in [0, 0.05) is 37.4 Å². The first-order valence-corrected chi connectivity index (χ1v) is 10.5. The lowest BCUT2D eigenvalue weighted by atomic mass is 10.0. The molecule has 1 unspecified atom stereocenters. The van der Waals surface area contributed by atoms with Crippen LogP contribution in [0.25, 0.3) is 11.0 Å². The van der Waals surface area contributed by atoms with E-state index in [9.17, 15) is 9.90 Å². The van der Waals surface area contributed by atoms with Crippen molar-refractivity contribution in [1.82, 2.24) is 9.97 Å². The summed E-state index contributed by atoms with van der Waals surface area (Å²) in [4.78, 5) is 24.4. The molecule has 2 aromatic rings. The first-order valence-electron chi connectivity index (χ1n) is 9.68. The Balaban J connectivity index is 1.85. The predicted molar refractivity (Wildman–Crippen MR) is 110 cm³/mol. The maximum absolute atomic E-state index is 13.0. The lowest BCUT2D eigenvalue weighted by molar-refractivity contribution is -0.121. The molecule has 7 nitrogen and oxygen atoms in total. The number of aromatic amines is 1. The van der Waals surface area contributed by atoms with Crippen LogP contribution in [-0.4, -0.2) is 46.3 Å². The van der Waals surface area contributed by atoms with Crippen LogP contribution in [0.1, 0.15) is 39.0 Å². The SMILES string of the molecule is CC[C@@H](O)N(C(=O)C1CC1)c1c[nH]c2ncc(Br)c(N3CCCC(N)C3)c12. The first-order chi connectivity index (χ1) is 13.0. The molecule has 0 aromatic carbocycles. The zero-order chi connectivity index (χ0) is 19.1. The van der Waals surface area contributed by atoms with Gasteiger partial charge in [0.1, 0.15) is 11.9 Å². The summed E-state index contributed by atoms with van der Waals surface area (Å²) in [6.07, 6.45) is 7.01. The molecule has 2 fully saturated rings. The van der Waals surface area contributed by atoms with Gasteiger partial charge in [-0.2, -0.15) is 0 Å². The Morgan fingerprint density at radius 1 is 1.52 bits per heavy atom. The molecule has 146 valence electrons. The summed E-state index contributed by atoms with van der Waals surface area (Å²) in [5, 5.41) is 11.5. The van der Waals surface area contributed by atoms with Gasteiger partial charge in [0.15, 0.2) is 0 Å². The van der Waals surface area contributed by atoms with Gasteiger partial charge >= 0.3 is 0 Å². The molecule has 1 saturated heterocycles. The molecule has 4 N–H and O–H groups in total. The topological polar surface area (TPSA) is 98.5 Å². The van der Waals surface area contributed by atoms with Gasteiger partial charge in [-0.1, -0.05) is 6.92 Å². The minimum atomic E-state index is -0.854. The Bertz CT molecular complexity index is 850. The molecule has 1 amide bonds. The van der Waals surface area contributed by atoms with Crippen molar-refractivity contribution in [3.8, 4) is 0 Å². The van der Waals surface area contributed by atoms with E-state index in [1.165, 1.54) is 0 Å². The number of aliphatic hydroxyl groups excluding tert-OH is 1. The minimum Gasteiger partial charge on any atom is -0.373 e. The average molecular weight is 436 g/mol. The van der Waals surface area contributed by atoms with Gasteiger partial charge in [0.25, 0.3) is 0 Å². The van der Waals surface area contributed by atoms with Crippen LogP contribution in [0.4, 0.5) is 11.4 Å². The quantitative estimate of drug-likeness (QED) is 0.627. The van der Waals surface area contributed by atoms with Gasteiger partial charge in [0.2, 0.25) is 5.91 Å². The smallest absolute Gasteiger partial charge is 0.232 e. The fourth-order valence-electron chi connectivity index (χ4n) is 3.89. The second-order valence-electron chi connectivity index (χ2n) is 7.57. The van der Waals surface area contributed by atoms with E-state index < -0.39 is 6.23 Å². The van der Waals surface area contributed by atoms with Crippen LogP contribution in [-0.2, 0) is 4.79 Å². The molecule has 2 atom stereocenters. The molecule has 1 aliphatic heterocycles. The molecule has 2 aliphatic rings. The van der Waals surface area contributed by atoms with Crippen molar-refractivity contribution in [2.24, 2.45) is 11.7 Å². The normalized spacial score (nSPS) is 21.5. The number of halogens is 1. The predicted octanol–water partition coefficient (Wildman–Crippen LogP) is 2.72. The van der Waals surface area contributed by atoms with Crippen molar-refractivity contribution in [2.75, 3.05) is 22.9 Å². The van der Waals surface area contributed by atoms with E-state index >= 15 is 0 Å². The molecule has 1 saturated carbocycles. The highest BCUT2D eigenvalue weighted by Gasteiger charge is 2.38. The van der Waals surface area contributed by atoms with Crippen molar-refractivity contribution in [1.29, 1.82) is 0 Å². The van der Waals surface area contributed by atoms with E-state index in [2.05, 4.69) is 30.8 Å². The summed E-state index contributed by atoms with van der Waals surface area (Å²) in [6.45, 7) is 3.55. The van der Waals surface area contributed by atoms with Crippen LogP contribution in [0, 0.1) is 5.92 Å². The molecule has 1 aliphatic carbocycles. The number of nitrogens with zero attached hydrogens (tertiary/aromatic N) is 3. The number of hydrogen-bond donors (Lipinski definition) is 3. The van der Waals surface area contributed by atoms with Crippen LogP contribution in [0.2, 0.25) is 0 Å². The largest absolute Gasteiger partial charge is 0.373 e. The van der Waals surface area contributed by atoms with Gasteiger partial charge in [-0.3, -0.25) is 9.69 Å². The van der Waals surface area contributed by atoms with Gasteiger partial charge in [-0.05, 0) is 48.0 Å². The van der Waals surface area contributed by atoms with Gasteiger partial charge in [0.05, 0.1) is 21.2 Å². The summed E-state index contributed by atoms with van der Waals surface area (Å²) in [5.74, 6) is 0.00893. The summed E-state index contributed by atoms with van der Waals surface area (Å²) in [5.41, 5.74) is 8.60. The van der Waals surface area contributed by atoms with Gasteiger partial charge in [-0.15, -0.1) is 0 Å². The second-order valence-corrected chi connectivity index (χ2v) is 8.43. The molecule has 27 heavy (non-hydrogen) atoms. The summed E-state index contributed by atoms with van der Waals surface area (Å²) in [7, 11) is 0. The molecular formula is C19H26BrN5O2. The molecule has 0 radical (unpaired) electrons. The summed E-state index contributed by atoms with van der Waals surface area (Å²) < 4.78 is 0.870. The van der Waals surface area contributed by atoms with E-state index in [0.29, 0.717) is 17.8 Å². The molecule has 8 heteroatoms. The second kappa shape index (κ2) is 7.41. The van der Waals surface area contributed by atoms with Crippen LogP contribution >= 0.6 is 15.9 Å². The number of hydrogen-bond acceptors (Lipinski definition) is 5. The number of nitrogens with one attached hydrogen (secondary N) is 1. The van der Waals surface area contributed by atoms with Crippen molar-refractivity contribution in [3.63, 3.8) is 0 Å². The monoisotopic (exact) mass is 435 g/mol. The van der Waals surface area contributed by atoms with E-state index in [1.807, 2.05) is 6.92 Å². The fourth-order valence-corrected chi connectivity index (χ4v) is 4.44. The Hall–Kier alpha value is -1.64. The highest BCUT2D eigenvalue weighted by Crippen LogP contribution is 2.42. The number of H-pyrrole nitrogens is 1. The van der Waals surface area contributed by atoms with Crippen molar-refractivity contribution >= 4 is 44.2 Å². The third-order valence-electron chi connectivity index (χ3n) is 5.47. The summed E-state index contributed by atoms with van der Waals surface area (Å²) in [6, 6.07) is 0.127. The number of amides is 1. The van der Waals surface area contributed by atoms with E-state index in [4.69, 9.17) is 5.73 Å². The number of piperidine rings is 1. The molecule has 0 bridgehead atoms. The molecule has 4 rings (SSSR count). The lowest BCUT2D eigenvalue weighted by Crippen LogP contribution is -2.43.